The van der Waals surface area contributed by atoms with Crippen LogP contribution >= 0.6 is 0 Å². The van der Waals surface area contributed by atoms with Crippen LogP contribution in [0.15, 0.2) is 0 Å². The Hall–Kier alpha value is -0.600. The van der Waals surface area contributed by atoms with Gasteiger partial charge in [-0.3, -0.25) is 4.79 Å². The first-order chi connectivity index (χ1) is 3.84. The maximum Gasteiger partial charge on any atom is 0.225 e. The number of alkyl halides is 1. The molecule has 1 fully saturated rings. The van der Waals surface area contributed by atoms with Crippen LogP contribution in [0.2, 0.25) is 0 Å². The second-order valence-corrected chi connectivity index (χ2v) is 1.95. The second kappa shape index (κ2) is 2.11. The highest BCUT2D eigenvalue weighted by Crippen LogP contribution is 2.28. The largest absolute Gasteiger partial charge is 0.329 e. The summed E-state index contributed by atoms with van der Waals surface area (Å²) in [6.07, 6.45) is 1.87. The predicted molar refractivity (Wildman–Crippen MR) is 26.8 cm³/mol. The SMILES string of the molecule is O=C(NCF)C1CC1. The lowest BCUT2D eigenvalue weighted by molar-refractivity contribution is -0.122. The van der Waals surface area contributed by atoms with Crippen molar-refractivity contribution < 1.29 is 9.18 Å². The van der Waals surface area contributed by atoms with Gasteiger partial charge in [0.1, 0.15) is 0 Å². The second-order valence-electron chi connectivity index (χ2n) is 1.95. The van der Waals surface area contributed by atoms with Crippen LogP contribution in [0.25, 0.3) is 0 Å². The molecule has 1 rings (SSSR count). The fraction of sp³-hybridized carbons (Fsp3) is 0.800. The quantitative estimate of drug-likeness (QED) is 0.522. The van der Waals surface area contributed by atoms with Crippen LogP contribution in [-0.2, 0) is 4.79 Å². The summed E-state index contributed by atoms with van der Waals surface area (Å²) in [6.45, 7) is -0.727. The number of nitrogens with one attached hydrogen (secondary N) is 1. The molecule has 1 amide bonds. The third-order valence-corrected chi connectivity index (χ3v) is 1.19. The van der Waals surface area contributed by atoms with Crippen molar-refractivity contribution in [1.29, 1.82) is 0 Å². The Kier molecular flexibility index (Phi) is 1.46. The highest BCUT2D eigenvalue weighted by molar-refractivity contribution is 5.80. The molecule has 0 spiro atoms. The van der Waals surface area contributed by atoms with Gasteiger partial charge in [-0.05, 0) is 12.8 Å². The van der Waals surface area contributed by atoms with E-state index in [1.54, 1.807) is 0 Å². The molecule has 0 atom stereocenters. The Bertz CT molecular complexity index is 101. The van der Waals surface area contributed by atoms with E-state index in [0.29, 0.717) is 0 Å². The zero-order chi connectivity index (χ0) is 5.98. The standard InChI is InChI=1S/C5H8FNO/c6-3-7-5(8)4-1-2-4/h4H,1-3H2,(H,7,8). The average molecular weight is 117 g/mol. The van der Waals surface area contributed by atoms with Gasteiger partial charge in [-0.2, -0.15) is 0 Å². The number of carbonyl (C=O) groups excluding carboxylic acids is 1. The van der Waals surface area contributed by atoms with E-state index in [4.69, 9.17) is 0 Å². The van der Waals surface area contributed by atoms with Crippen molar-refractivity contribution in [1.82, 2.24) is 5.32 Å². The molecule has 0 heterocycles. The van der Waals surface area contributed by atoms with E-state index >= 15 is 0 Å². The van der Waals surface area contributed by atoms with Crippen LogP contribution in [0.4, 0.5) is 4.39 Å². The minimum absolute atomic E-state index is 0.130. The lowest BCUT2D eigenvalue weighted by Crippen LogP contribution is -2.23. The summed E-state index contributed by atoms with van der Waals surface area (Å²) < 4.78 is 11.3. The number of halogens is 1. The van der Waals surface area contributed by atoms with E-state index in [1.807, 2.05) is 0 Å². The average Bonchev–Trinajstić information content (AvgIpc) is 2.45. The molecule has 0 bridgehead atoms. The Morgan fingerprint density at radius 2 is 2.38 bits per heavy atom. The Morgan fingerprint density at radius 3 is 2.75 bits per heavy atom. The van der Waals surface area contributed by atoms with Gasteiger partial charge in [-0.1, -0.05) is 0 Å². The first-order valence-electron chi connectivity index (χ1n) is 2.68. The first kappa shape index (κ1) is 5.54. The monoisotopic (exact) mass is 117 g/mol. The van der Waals surface area contributed by atoms with Crippen LogP contribution in [0.1, 0.15) is 12.8 Å². The van der Waals surface area contributed by atoms with Gasteiger partial charge in [0.25, 0.3) is 0 Å². The molecule has 1 saturated carbocycles. The van der Waals surface area contributed by atoms with Crippen LogP contribution < -0.4 is 5.32 Å². The molecule has 0 aromatic heterocycles. The lowest BCUT2D eigenvalue weighted by Gasteiger charge is -1.93. The van der Waals surface area contributed by atoms with Crippen LogP contribution in [0.5, 0.6) is 0 Å². The zero-order valence-corrected chi connectivity index (χ0v) is 4.48. The van der Waals surface area contributed by atoms with Gasteiger partial charge < -0.3 is 5.32 Å². The van der Waals surface area contributed by atoms with Gasteiger partial charge in [0.05, 0.1) is 0 Å². The van der Waals surface area contributed by atoms with Crippen LogP contribution in [-0.4, -0.2) is 12.7 Å². The zero-order valence-electron chi connectivity index (χ0n) is 4.48. The molecule has 0 unspecified atom stereocenters. The maximum atomic E-state index is 11.3. The van der Waals surface area contributed by atoms with Crippen molar-refractivity contribution in [2.45, 2.75) is 12.8 Å². The summed E-state index contributed by atoms with van der Waals surface area (Å²) in [5.74, 6) is -0.00162. The van der Waals surface area contributed by atoms with Crippen molar-refractivity contribution in [3.8, 4) is 0 Å². The van der Waals surface area contributed by atoms with E-state index in [2.05, 4.69) is 5.32 Å². The molecule has 1 aliphatic rings. The van der Waals surface area contributed by atoms with Crippen molar-refractivity contribution in [2.75, 3.05) is 6.80 Å². The van der Waals surface area contributed by atoms with Gasteiger partial charge in [-0.25, -0.2) is 4.39 Å². The summed E-state index contributed by atoms with van der Waals surface area (Å²) >= 11 is 0. The summed E-state index contributed by atoms with van der Waals surface area (Å²) in [5.41, 5.74) is 0. The van der Waals surface area contributed by atoms with Crippen molar-refractivity contribution in [3.05, 3.63) is 0 Å². The van der Waals surface area contributed by atoms with Gasteiger partial charge in [0.2, 0.25) is 5.91 Å². The highest BCUT2D eigenvalue weighted by atomic mass is 19.1. The van der Waals surface area contributed by atoms with Crippen LogP contribution in [0.3, 0.4) is 0 Å². The lowest BCUT2D eigenvalue weighted by atomic mass is 10.4. The summed E-state index contributed by atoms with van der Waals surface area (Å²) in [4.78, 5) is 10.5. The first-order valence-corrected chi connectivity index (χ1v) is 2.68. The minimum atomic E-state index is -0.727. The summed E-state index contributed by atoms with van der Waals surface area (Å²) in [5, 5.41) is 2.10. The smallest absolute Gasteiger partial charge is 0.225 e. The van der Waals surface area contributed by atoms with E-state index in [9.17, 15) is 9.18 Å². The van der Waals surface area contributed by atoms with Crippen molar-refractivity contribution in [3.63, 3.8) is 0 Å². The third-order valence-electron chi connectivity index (χ3n) is 1.19. The molecule has 0 aliphatic heterocycles. The number of amides is 1. The van der Waals surface area contributed by atoms with Gasteiger partial charge >= 0.3 is 0 Å². The maximum absolute atomic E-state index is 11.3. The summed E-state index contributed by atoms with van der Waals surface area (Å²) in [7, 11) is 0. The Morgan fingerprint density at radius 1 is 1.75 bits per heavy atom. The molecule has 1 aliphatic carbocycles. The van der Waals surface area contributed by atoms with E-state index in [1.165, 1.54) is 0 Å². The third kappa shape index (κ3) is 1.18. The Labute approximate surface area is 47.1 Å². The minimum Gasteiger partial charge on any atom is -0.329 e. The van der Waals surface area contributed by atoms with E-state index < -0.39 is 6.80 Å². The molecule has 8 heavy (non-hydrogen) atoms. The summed E-state index contributed by atoms with van der Waals surface area (Å²) in [6, 6.07) is 0. The normalized spacial score (nSPS) is 18.1. The van der Waals surface area contributed by atoms with Crippen molar-refractivity contribution in [2.24, 2.45) is 5.92 Å². The molecule has 3 heteroatoms. The number of rotatable bonds is 2. The topological polar surface area (TPSA) is 29.1 Å². The molecule has 0 radical (unpaired) electrons. The molecule has 2 nitrogen and oxygen atoms in total. The number of carbonyl (C=O) groups is 1. The molecule has 1 N–H and O–H groups in total. The Balaban J connectivity index is 2.13. The van der Waals surface area contributed by atoms with Gasteiger partial charge in [0, 0.05) is 5.92 Å². The molecular formula is C5H8FNO. The molecule has 46 valence electrons. The van der Waals surface area contributed by atoms with Crippen molar-refractivity contribution >= 4 is 5.91 Å². The number of hydrogen-bond acceptors (Lipinski definition) is 1. The van der Waals surface area contributed by atoms with Crippen LogP contribution in [0, 0.1) is 5.92 Å². The van der Waals surface area contributed by atoms with E-state index in [-0.39, 0.29) is 11.8 Å². The fourth-order valence-corrected chi connectivity index (χ4v) is 0.556. The molecule has 0 aromatic carbocycles. The molecule has 0 saturated heterocycles. The number of hydrogen-bond donors (Lipinski definition) is 1. The van der Waals surface area contributed by atoms with Gasteiger partial charge in [0.15, 0.2) is 6.80 Å². The van der Waals surface area contributed by atoms with E-state index in [0.717, 1.165) is 12.8 Å². The highest BCUT2D eigenvalue weighted by Gasteiger charge is 2.28. The molecular weight excluding hydrogens is 109 g/mol. The predicted octanol–water partition coefficient (Wildman–Crippen LogP) is 0.440. The fourth-order valence-electron chi connectivity index (χ4n) is 0.556. The molecule has 0 aromatic rings. The van der Waals surface area contributed by atoms with Gasteiger partial charge in [-0.15, -0.1) is 0 Å².